The maximum Gasteiger partial charge on any atom is 0.0471 e. The van der Waals surface area contributed by atoms with Crippen molar-refractivity contribution < 1.29 is 14.9 Å². The first-order valence-electron chi connectivity index (χ1n) is 9.83. The van der Waals surface area contributed by atoms with E-state index in [1.807, 2.05) is 0 Å². The van der Waals surface area contributed by atoms with Crippen LogP contribution in [0.4, 0.5) is 0 Å². The first-order valence-corrected chi connectivity index (χ1v) is 9.83. The molecule has 0 heterocycles. The molecule has 0 aliphatic rings. The minimum atomic E-state index is 0.173. The van der Waals surface area contributed by atoms with Gasteiger partial charge in [-0.05, 0) is 37.5 Å². The van der Waals surface area contributed by atoms with Crippen molar-refractivity contribution in [3.05, 3.63) is 5.92 Å². The van der Waals surface area contributed by atoms with Crippen LogP contribution < -0.4 is 0 Å². The van der Waals surface area contributed by atoms with E-state index in [2.05, 4.69) is 13.8 Å². The van der Waals surface area contributed by atoms with Crippen molar-refractivity contribution in [3.8, 4) is 0 Å². The molecule has 139 valence electrons. The van der Waals surface area contributed by atoms with E-state index in [0.717, 1.165) is 32.0 Å². The average Bonchev–Trinajstić information content (AvgIpc) is 2.52. The molecular weight excluding hydrogens is 288 g/mol. The van der Waals surface area contributed by atoms with Gasteiger partial charge in [0.15, 0.2) is 0 Å². The van der Waals surface area contributed by atoms with E-state index in [1.165, 1.54) is 57.3 Å². The van der Waals surface area contributed by atoms with Gasteiger partial charge in [0.25, 0.3) is 0 Å². The summed E-state index contributed by atoms with van der Waals surface area (Å²) in [6, 6.07) is 0. The minimum Gasteiger partial charge on any atom is -0.396 e. The Bertz CT molecular complexity index is 213. The molecule has 0 saturated heterocycles. The Kier molecular flexibility index (Phi) is 18.1. The van der Waals surface area contributed by atoms with Gasteiger partial charge in [0, 0.05) is 26.4 Å². The van der Waals surface area contributed by atoms with Gasteiger partial charge in [0.05, 0.1) is 0 Å². The van der Waals surface area contributed by atoms with Gasteiger partial charge in [0.2, 0.25) is 0 Å². The van der Waals surface area contributed by atoms with Crippen molar-refractivity contribution in [1.29, 1.82) is 0 Å². The number of rotatable bonds is 18. The molecule has 0 saturated carbocycles. The van der Waals surface area contributed by atoms with E-state index < -0.39 is 0 Å². The van der Waals surface area contributed by atoms with Crippen LogP contribution in [0.3, 0.4) is 0 Å². The highest BCUT2D eigenvalue weighted by Crippen LogP contribution is 2.16. The lowest BCUT2D eigenvalue weighted by molar-refractivity contribution is 0.125. The molecule has 3 nitrogen and oxygen atoms in total. The van der Waals surface area contributed by atoms with Crippen LogP contribution in [0.1, 0.15) is 90.9 Å². The van der Waals surface area contributed by atoms with E-state index in [9.17, 15) is 0 Å². The van der Waals surface area contributed by atoms with Crippen molar-refractivity contribution >= 4 is 0 Å². The van der Waals surface area contributed by atoms with Gasteiger partial charge in [-0.25, -0.2) is 0 Å². The molecule has 1 radical (unpaired) electrons. The van der Waals surface area contributed by atoms with Gasteiger partial charge < -0.3 is 14.9 Å². The van der Waals surface area contributed by atoms with Gasteiger partial charge in [0.1, 0.15) is 0 Å². The summed E-state index contributed by atoms with van der Waals surface area (Å²) in [6.07, 6.45) is 14.4. The van der Waals surface area contributed by atoms with E-state index >= 15 is 0 Å². The third-order valence-electron chi connectivity index (χ3n) is 4.35. The summed E-state index contributed by atoms with van der Waals surface area (Å²) in [5.41, 5.74) is 0. The zero-order valence-electron chi connectivity index (χ0n) is 15.7. The van der Waals surface area contributed by atoms with E-state index in [0.29, 0.717) is 12.8 Å². The second kappa shape index (κ2) is 18.2. The number of hydrogen-bond acceptors (Lipinski definition) is 3. The molecule has 0 aromatic rings. The Morgan fingerprint density at radius 2 is 1.22 bits per heavy atom. The fourth-order valence-corrected chi connectivity index (χ4v) is 2.83. The molecule has 3 heteroatoms. The van der Waals surface area contributed by atoms with Crippen molar-refractivity contribution in [3.63, 3.8) is 0 Å². The highest BCUT2D eigenvalue weighted by molar-refractivity contribution is 4.88. The molecule has 0 atom stereocenters. The Morgan fingerprint density at radius 3 is 1.74 bits per heavy atom. The number of unbranched alkanes of at least 4 members (excludes halogenated alkanes) is 7. The molecule has 0 spiro atoms. The number of ether oxygens (including phenoxy) is 1. The molecule has 2 N–H and O–H groups in total. The van der Waals surface area contributed by atoms with Gasteiger partial charge in [-0.1, -0.05) is 65.2 Å². The number of aliphatic hydroxyl groups excluding tert-OH is 2. The SMILES string of the molecule is CC(C)CCCCCCCCCCOCC[C](CCO)CCO. The quantitative estimate of drug-likeness (QED) is 0.352. The highest BCUT2D eigenvalue weighted by Gasteiger charge is 2.07. The summed E-state index contributed by atoms with van der Waals surface area (Å²) < 4.78 is 5.65. The molecular formula is C20H41O3. The molecule has 23 heavy (non-hydrogen) atoms. The molecule has 0 rings (SSSR count). The van der Waals surface area contributed by atoms with E-state index in [-0.39, 0.29) is 13.2 Å². The first kappa shape index (κ1) is 22.9. The van der Waals surface area contributed by atoms with Crippen LogP contribution in [-0.4, -0.2) is 36.6 Å². The average molecular weight is 330 g/mol. The molecule has 0 fully saturated rings. The van der Waals surface area contributed by atoms with E-state index in [4.69, 9.17) is 14.9 Å². The summed E-state index contributed by atoms with van der Waals surface area (Å²) in [4.78, 5) is 0. The third kappa shape index (κ3) is 18.1. The smallest absolute Gasteiger partial charge is 0.0471 e. The second-order valence-electron chi connectivity index (χ2n) is 7.07. The standard InChI is InChI=1S/C20H41O3/c1-19(2)11-9-7-5-3-4-6-8-10-17-23-18-14-20(12-15-21)13-16-22/h19,21-22H,3-18H2,1-2H3. The topological polar surface area (TPSA) is 49.7 Å². The molecule has 0 amide bonds. The second-order valence-corrected chi connectivity index (χ2v) is 7.07. The zero-order chi connectivity index (χ0) is 17.2. The summed E-state index contributed by atoms with van der Waals surface area (Å²) in [7, 11) is 0. The van der Waals surface area contributed by atoms with Crippen LogP contribution in [0.2, 0.25) is 0 Å². The zero-order valence-corrected chi connectivity index (χ0v) is 15.7. The summed E-state index contributed by atoms with van der Waals surface area (Å²) in [5, 5.41) is 17.9. The lowest BCUT2D eigenvalue weighted by Crippen LogP contribution is -2.08. The Hall–Kier alpha value is -0.120. The maximum atomic E-state index is 8.94. The minimum absolute atomic E-state index is 0.173. The maximum absolute atomic E-state index is 8.94. The molecule has 0 aromatic heterocycles. The van der Waals surface area contributed by atoms with Crippen LogP contribution in [0.15, 0.2) is 0 Å². The Labute approximate surface area is 144 Å². The highest BCUT2D eigenvalue weighted by atomic mass is 16.5. The molecule has 0 bridgehead atoms. The van der Waals surface area contributed by atoms with Crippen molar-refractivity contribution in [2.75, 3.05) is 26.4 Å². The lowest BCUT2D eigenvalue weighted by Gasteiger charge is -2.13. The predicted octanol–water partition coefficient (Wildman–Crippen LogP) is 4.90. The fourth-order valence-electron chi connectivity index (χ4n) is 2.83. The molecule has 0 aliphatic carbocycles. The Balaban J connectivity index is 3.18. The lowest BCUT2D eigenvalue weighted by atomic mass is 9.99. The van der Waals surface area contributed by atoms with Gasteiger partial charge in [-0.2, -0.15) is 0 Å². The number of hydrogen-bond donors (Lipinski definition) is 2. The van der Waals surface area contributed by atoms with Crippen LogP contribution in [0.5, 0.6) is 0 Å². The first-order chi connectivity index (χ1) is 11.2. The third-order valence-corrected chi connectivity index (χ3v) is 4.35. The monoisotopic (exact) mass is 329 g/mol. The largest absolute Gasteiger partial charge is 0.396 e. The van der Waals surface area contributed by atoms with Crippen LogP contribution in [0, 0.1) is 11.8 Å². The summed E-state index contributed by atoms with van der Waals surface area (Å²) in [6.45, 7) is 6.53. The fraction of sp³-hybridized carbons (Fsp3) is 0.950. The van der Waals surface area contributed by atoms with Crippen molar-refractivity contribution in [2.45, 2.75) is 90.9 Å². The van der Waals surface area contributed by atoms with Gasteiger partial charge in [-0.3, -0.25) is 0 Å². The molecule has 0 aliphatic heterocycles. The van der Waals surface area contributed by atoms with E-state index in [1.54, 1.807) is 0 Å². The normalized spacial score (nSPS) is 11.7. The molecule has 0 aromatic carbocycles. The van der Waals surface area contributed by atoms with Gasteiger partial charge >= 0.3 is 0 Å². The summed E-state index contributed by atoms with van der Waals surface area (Å²) in [5.74, 6) is 2.07. The van der Waals surface area contributed by atoms with Crippen molar-refractivity contribution in [1.82, 2.24) is 0 Å². The van der Waals surface area contributed by atoms with Crippen LogP contribution in [-0.2, 0) is 4.74 Å². The molecule has 0 unspecified atom stereocenters. The van der Waals surface area contributed by atoms with Crippen molar-refractivity contribution in [2.24, 2.45) is 5.92 Å². The van der Waals surface area contributed by atoms with Crippen LogP contribution >= 0.6 is 0 Å². The van der Waals surface area contributed by atoms with Crippen LogP contribution in [0.25, 0.3) is 0 Å². The van der Waals surface area contributed by atoms with Gasteiger partial charge in [-0.15, -0.1) is 0 Å². The predicted molar refractivity (Wildman–Crippen MR) is 98.5 cm³/mol. The number of aliphatic hydroxyl groups is 2. The summed E-state index contributed by atoms with van der Waals surface area (Å²) >= 11 is 0. The Morgan fingerprint density at radius 1 is 0.696 bits per heavy atom.